The Morgan fingerprint density at radius 2 is 1.21 bits per heavy atom. The summed E-state index contributed by atoms with van der Waals surface area (Å²) in [7, 11) is 3.95. The van der Waals surface area contributed by atoms with E-state index in [-0.39, 0.29) is 41.9 Å². The minimum absolute atomic E-state index is 0.0300. The fraction of sp³-hybridized carbons (Fsp3) is 0.848. The highest BCUT2D eigenvalue weighted by Gasteiger charge is 2.21. The van der Waals surface area contributed by atoms with Crippen LogP contribution >= 0.6 is 11.8 Å². The fourth-order valence-electron chi connectivity index (χ4n) is 4.40. The van der Waals surface area contributed by atoms with E-state index in [4.69, 9.17) is 14.2 Å². The number of nitrogens with zero attached hydrogens (tertiary/aromatic N) is 1. The second-order valence-electron chi connectivity index (χ2n) is 11.5. The number of aldehydes is 1. The van der Waals surface area contributed by atoms with Gasteiger partial charge in [-0.25, -0.2) is 0 Å². The third-order valence-electron chi connectivity index (χ3n) is 6.92. The predicted molar refractivity (Wildman–Crippen MR) is 172 cm³/mol. The zero-order valence-corrected chi connectivity index (χ0v) is 28.2. The van der Waals surface area contributed by atoms with Crippen LogP contribution in [0.25, 0.3) is 0 Å². The maximum absolute atomic E-state index is 12.7. The molecule has 0 amide bonds. The van der Waals surface area contributed by atoms with Gasteiger partial charge in [0.2, 0.25) is 0 Å². The van der Waals surface area contributed by atoms with Gasteiger partial charge in [0, 0.05) is 37.4 Å². The molecular weight excluding hydrogens is 570 g/mol. The first-order valence-corrected chi connectivity index (χ1v) is 17.4. The second-order valence-corrected chi connectivity index (χ2v) is 12.8. The molecule has 0 fully saturated rings. The first-order chi connectivity index (χ1) is 20.7. The lowest BCUT2D eigenvalue weighted by atomic mass is 10.1. The van der Waals surface area contributed by atoms with Crippen LogP contribution in [0.15, 0.2) is 0 Å². The third-order valence-corrected chi connectivity index (χ3v) is 8.19. The molecule has 0 saturated heterocycles. The van der Waals surface area contributed by atoms with Crippen LogP contribution in [0, 0.1) is 0 Å². The minimum atomic E-state index is -0.868. The maximum atomic E-state index is 12.7. The molecule has 0 aliphatic rings. The van der Waals surface area contributed by atoms with Crippen molar-refractivity contribution in [2.75, 3.05) is 33.9 Å². The van der Waals surface area contributed by atoms with Crippen molar-refractivity contribution in [1.29, 1.82) is 0 Å². The molecule has 0 N–H and O–H groups in total. The Morgan fingerprint density at radius 3 is 1.77 bits per heavy atom. The van der Waals surface area contributed by atoms with Gasteiger partial charge in [-0.1, -0.05) is 70.6 Å². The van der Waals surface area contributed by atoms with Gasteiger partial charge in [-0.15, -0.1) is 0 Å². The summed E-state index contributed by atoms with van der Waals surface area (Å²) in [4.78, 5) is 62.4. The molecule has 0 bridgehead atoms. The third kappa shape index (κ3) is 27.4. The molecule has 0 aromatic carbocycles. The molecule has 2 atom stereocenters. The van der Waals surface area contributed by atoms with Crippen molar-refractivity contribution in [2.45, 2.75) is 147 Å². The van der Waals surface area contributed by atoms with Gasteiger partial charge in [0.25, 0.3) is 0 Å². The Bertz CT molecular complexity index is 761. The first-order valence-electron chi connectivity index (χ1n) is 16.5. The molecule has 0 rings (SSSR count). The van der Waals surface area contributed by atoms with Crippen molar-refractivity contribution in [3.8, 4) is 0 Å². The molecule has 0 aliphatic carbocycles. The lowest BCUT2D eigenvalue weighted by Gasteiger charge is -2.19. The zero-order valence-electron chi connectivity index (χ0n) is 27.4. The molecule has 2 unspecified atom stereocenters. The van der Waals surface area contributed by atoms with E-state index in [1.807, 2.05) is 19.0 Å². The van der Waals surface area contributed by atoms with Gasteiger partial charge < -0.3 is 23.9 Å². The van der Waals surface area contributed by atoms with Gasteiger partial charge in [-0.2, -0.15) is 0 Å². The summed E-state index contributed by atoms with van der Waals surface area (Å²) in [5.74, 6) is -1.17. The summed E-state index contributed by atoms with van der Waals surface area (Å²) < 4.78 is 16.3. The van der Waals surface area contributed by atoms with Gasteiger partial charge >= 0.3 is 17.9 Å². The molecule has 10 heteroatoms. The van der Waals surface area contributed by atoms with Crippen molar-refractivity contribution in [3.63, 3.8) is 0 Å². The summed E-state index contributed by atoms with van der Waals surface area (Å²) in [5, 5.41) is 0.159. The van der Waals surface area contributed by atoms with E-state index >= 15 is 0 Å². The van der Waals surface area contributed by atoms with Crippen LogP contribution in [0.4, 0.5) is 0 Å². The standard InChI is InChI=1S/C33H59NO8S/c1-5-7-9-11-13-21-31(37)41-27-28(26-40-30(36)20-12-10-8-6-2)42-32(38)22-16-19-29(18-14-15-25-35)43-33(39)23-17-24-34(3)4/h25,28-29H,5-24,26-27H2,1-4H3. The normalized spacial score (nSPS) is 12.5. The maximum Gasteiger partial charge on any atom is 0.306 e. The van der Waals surface area contributed by atoms with E-state index in [2.05, 4.69) is 13.8 Å². The molecule has 250 valence electrons. The minimum Gasteiger partial charge on any atom is -0.462 e. The molecule has 0 radical (unpaired) electrons. The smallest absolute Gasteiger partial charge is 0.306 e. The highest BCUT2D eigenvalue weighted by atomic mass is 32.2. The highest BCUT2D eigenvalue weighted by Crippen LogP contribution is 2.25. The Hall–Kier alpha value is -1.94. The number of rotatable bonds is 29. The number of hydrogen-bond acceptors (Lipinski definition) is 10. The predicted octanol–water partition coefficient (Wildman–Crippen LogP) is 6.83. The molecule has 9 nitrogen and oxygen atoms in total. The Balaban J connectivity index is 4.84. The van der Waals surface area contributed by atoms with Gasteiger partial charge in [-0.05, 0) is 65.6 Å². The van der Waals surface area contributed by atoms with Crippen molar-refractivity contribution < 1.29 is 38.2 Å². The fourth-order valence-corrected chi connectivity index (χ4v) is 5.60. The average Bonchev–Trinajstić information content (AvgIpc) is 2.96. The van der Waals surface area contributed by atoms with E-state index in [1.54, 1.807) is 0 Å². The largest absolute Gasteiger partial charge is 0.462 e. The zero-order chi connectivity index (χ0) is 32.1. The second kappa shape index (κ2) is 28.8. The number of carbonyl (C=O) groups excluding carboxylic acids is 5. The molecule has 43 heavy (non-hydrogen) atoms. The van der Waals surface area contributed by atoms with Crippen LogP contribution in [0.2, 0.25) is 0 Å². The molecule has 0 aliphatic heterocycles. The average molecular weight is 630 g/mol. The van der Waals surface area contributed by atoms with Crippen molar-refractivity contribution in [2.24, 2.45) is 0 Å². The van der Waals surface area contributed by atoms with Crippen LogP contribution in [-0.2, 0) is 38.2 Å². The summed E-state index contributed by atoms with van der Waals surface area (Å²) in [6.07, 6.45) is 14.0. The van der Waals surface area contributed by atoms with Gasteiger partial charge in [0.05, 0.1) is 0 Å². The van der Waals surface area contributed by atoms with Crippen molar-refractivity contribution in [1.82, 2.24) is 4.90 Å². The lowest BCUT2D eigenvalue weighted by Crippen LogP contribution is -2.31. The van der Waals surface area contributed by atoms with E-state index in [9.17, 15) is 24.0 Å². The van der Waals surface area contributed by atoms with Crippen LogP contribution in [0.3, 0.4) is 0 Å². The number of thioether (sulfide) groups is 1. The van der Waals surface area contributed by atoms with Gasteiger partial charge in [0.1, 0.15) is 19.5 Å². The Morgan fingerprint density at radius 1 is 0.674 bits per heavy atom. The van der Waals surface area contributed by atoms with E-state index in [0.717, 1.165) is 83.5 Å². The number of esters is 3. The van der Waals surface area contributed by atoms with Gasteiger partial charge in [-0.3, -0.25) is 19.2 Å². The molecular formula is C33H59NO8S. The summed E-state index contributed by atoms with van der Waals surface area (Å²) >= 11 is 1.31. The molecule has 0 aromatic rings. The molecule has 0 heterocycles. The Kier molecular flexibility index (Phi) is 27.5. The van der Waals surface area contributed by atoms with Crippen LogP contribution in [0.1, 0.15) is 136 Å². The lowest BCUT2D eigenvalue weighted by molar-refractivity contribution is -0.167. The van der Waals surface area contributed by atoms with Crippen molar-refractivity contribution >= 4 is 41.1 Å². The number of ether oxygens (including phenoxy) is 3. The molecule has 0 aromatic heterocycles. The monoisotopic (exact) mass is 629 g/mol. The number of unbranched alkanes of at least 4 members (excludes halogenated alkanes) is 8. The van der Waals surface area contributed by atoms with Crippen LogP contribution < -0.4 is 0 Å². The highest BCUT2D eigenvalue weighted by molar-refractivity contribution is 8.14. The van der Waals surface area contributed by atoms with Gasteiger partial charge in [0.15, 0.2) is 11.2 Å². The number of carbonyl (C=O) groups is 5. The summed E-state index contributed by atoms with van der Waals surface area (Å²) in [6.45, 7) is 4.76. The van der Waals surface area contributed by atoms with E-state index in [0.29, 0.717) is 44.9 Å². The van der Waals surface area contributed by atoms with Crippen molar-refractivity contribution in [3.05, 3.63) is 0 Å². The quantitative estimate of drug-likeness (QED) is 0.0377. The number of hydrogen-bond donors (Lipinski definition) is 0. The summed E-state index contributed by atoms with van der Waals surface area (Å²) in [5.41, 5.74) is 0. The van der Waals surface area contributed by atoms with Crippen LogP contribution in [-0.4, -0.2) is 79.4 Å². The van der Waals surface area contributed by atoms with E-state index < -0.39 is 12.1 Å². The Labute approximate surface area is 264 Å². The molecule has 0 saturated carbocycles. The molecule has 0 spiro atoms. The van der Waals surface area contributed by atoms with Crippen LogP contribution in [0.5, 0.6) is 0 Å². The summed E-state index contributed by atoms with van der Waals surface area (Å²) in [6, 6.07) is 0. The first kappa shape index (κ1) is 41.1. The topological polar surface area (TPSA) is 116 Å². The van der Waals surface area contributed by atoms with E-state index in [1.165, 1.54) is 11.8 Å². The SMILES string of the molecule is CCCCCCCC(=O)OCC(COC(=O)CCCCCC)OC(=O)CCCC(CCCC=O)SC(=O)CCCN(C)C.